The Bertz CT molecular complexity index is 2720. The molecule has 0 bridgehead atoms. The van der Waals surface area contributed by atoms with Gasteiger partial charge in [-0.2, -0.15) is 0 Å². The molecule has 0 atom stereocenters. The number of ketones is 2. The van der Waals surface area contributed by atoms with Crippen LogP contribution in [0, 0.1) is 51.8 Å². The molecule has 0 aliphatic heterocycles. The van der Waals surface area contributed by atoms with Gasteiger partial charge < -0.3 is 28.4 Å². The topological polar surface area (TPSA) is 141 Å². The van der Waals surface area contributed by atoms with Crippen LogP contribution in [0.3, 0.4) is 0 Å². The minimum absolute atomic E-state index is 0. The van der Waals surface area contributed by atoms with Crippen molar-refractivity contribution in [3.63, 3.8) is 0 Å². The summed E-state index contributed by atoms with van der Waals surface area (Å²) in [6.07, 6.45) is 28.5. The Morgan fingerprint density at radius 2 is 0.621 bits per heavy atom. The predicted molar refractivity (Wildman–Crippen MR) is 360 cm³/mol. The summed E-state index contributed by atoms with van der Waals surface area (Å²) in [5, 5.41) is 0. The molecular formula is C76H122O11. The first-order chi connectivity index (χ1) is 41.4. The monoisotopic (exact) mass is 1210 g/mol. The van der Waals surface area contributed by atoms with Crippen LogP contribution in [0.5, 0.6) is 0 Å². The highest BCUT2D eigenvalue weighted by atomic mass is 16.6. The lowest BCUT2D eigenvalue weighted by atomic mass is 9.60. The zero-order valence-corrected chi connectivity index (χ0v) is 55.5. The zero-order chi connectivity index (χ0) is 63.1. The lowest BCUT2D eigenvalue weighted by molar-refractivity contribution is -0.0193. The molecule has 0 saturated heterocycles. The van der Waals surface area contributed by atoms with Gasteiger partial charge in [-0.25, -0.2) is 14.4 Å². The van der Waals surface area contributed by atoms with E-state index in [1.165, 1.54) is 90.9 Å². The molecule has 6 aliphatic carbocycles. The fourth-order valence-corrected chi connectivity index (χ4v) is 16.3. The first kappa shape index (κ1) is 69.5. The molecule has 3 aromatic rings. The molecule has 6 saturated carbocycles. The summed E-state index contributed by atoms with van der Waals surface area (Å²) in [5.41, 5.74) is 5.57. The summed E-state index contributed by atoms with van der Waals surface area (Å²) in [4.78, 5) is 60.7. The van der Waals surface area contributed by atoms with Crippen molar-refractivity contribution < 1.29 is 61.0 Å². The number of esters is 3. The van der Waals surface area contributed by atoms with Crippen molar-refractivity contribution >= 4 is 35.0 Å². The molecule has 0 radical (unpaired) electrons. The summed E-state index contributed by atoms with van der Waals surface area (Å²) in [7, 11) is 5.50. The van der Waals surface area contributed by atoms with Crippen LogP contribution >= 0.6 is 0 Å². The van der Waals surface area contributed by atoms with Crippen LogP contribution in [0.15, 0.2) is 79.4 Å². The van der Waals surface area contributed by atoms with Gasteiger partial charge in [0, 0.05) is 41.0 Å². The van der Waals surface area contributed by atoms with Gasteiger partial charge in [0.1, 0.15) is 18.3 Å². The number of methoxy groups -OCH3 is 3. The van der Waals surface area contributed by atoms with Gasteiger partial charge in [-0.05, 0) is 263 Å². The SMILES string of the molecule is C=C(C)c1ccccc1C(=O)OC1CCC(C(C)(C)C2CCC(OC)CC2)CC1.COC1CCC(C(C)(C)C2CCC(OC(=O)c3ccc(C(C)=O)cc3)CC2)CC1.COC1CCC(C(C)(C)C2CCC(OC(=O)c3cccc(C(C)=O)c3)CC2)CC1.[HH].[HH].[HH].[HH].[HH].[HH]. The van der Waals surface area contributed by atoms with Crippen LogP contribution in [0.4, 0.5) is 0 Å². The molecule has 0 aromatic heterocycles. The Hall–Kier alpha value is -4.97. The highest BCUT2D eigenvalue weighted by Crippen LogP contribution is 2.52. The maximum absolute atomic E-state index is 12.7. The Balaban J connectivity index is 0.000000676. The predicted octanol–water partition coefficient (Wildman–Crippen LogP) is 19.8. The van der Waals surface area contributed by atoms with E-state index in [0.717, 1.165) is 106 Å². The Morgan fingerprint density at radius 3 is 0.931 bits per heavy atom. The van der Waals surface area contributed by atoms with Crippen LogP contribution < -0.4 is 0 Å². The van der Waals surface area contributed by atoms with Crippen LogP contribution in [0.2, 0.25) is 0 Å². The third-order valence-corrected chi connectivity index (χ3v) is 22.8. The number of carbonyl (C=O) groups excluding carboxylic acids is 5. The molecule has 0 heterocycles. The maximum atomic E-state index is 12.7. The molecule has 11 heteroatoms. The number of hydrogen-bond donors (Lipinski definition) is 0. The van der Waals surface area contributed by atoms with Crippen LogP contribution in [0.25, 0.3) is 5.57 Å². The molecule has 6 aliphatic rings. The van der Waals surface area contributed by atoms with Crippen LogP contribution in [-0.2, 0) is 28.4 Å². The Morgan fingerprint density at radius 1 is 0.345 bits per heavy atom. The van der Waals surface area contributed by atoms with Crippen LogP contribution in [0.1, 0.15) is 282 Å². The van der Waals surface area contributed by atoms with Crippen molar-refractivity contribution in [3.05, 3.63) is 113 Å². The lowest BCUT2D eigenvalue weighted by Crippen LogP contribution is -2.39. The first-order valence-corrected chi connectivity index (χ1v) is 33.6. The standard InChI is InChI=1S/C26H38O3.2C25H36O4.6H2/c1-18(2)23-8-6-7-9-24(23)25(27)29-22-16-12-20(13-17-22)26(3,4)19-10-14-21(28-5)15-11-19;1-17(26)18-5-7-19(8-6-18)24(27)29-23-15-11-21(12-16-23)25(2,3)20-9-13-22(28-4)14-10-20;1-17(26)18-6-5-7-19(16-18)24(27)29-23-14-10-21(11-15-23)25(2,3)20-8-12-22(28-4)13-9-20;;;;;;/h6-9,19-22H,1,10-17H2,2-5H3;5-8,20-23H,9-16H2,1-4H3;5-7,16,20-23H,8-15H2,1-4H3;6*1H. The van der Waals surface area contributed by atoms with Crippen molar-refractivity contribution in [2.75, 3.05) is 21.3 Å². The second kappa shape index (κ2) is 32.2. The molecule has 6 fully saturated rings. The fourth-order valence-electron chi connectivity index (χ4n) is 16.3. The van der Waals surface area contributed by atoms with Gasteiger partial charge in [-0.1, -0.05) is 96.2 Å². The van der Waals surface area contributed by atoms with E-state index in [1.807, 2.05) is 52.5 Å². The lowest BCUT2D eigenvalue weighted by Gasteiger charge is -2.46. The third-order valence-electron chi connectivity index (χ3n) is 22.8. The van der Waals surface area contributed by atoms with Gasteiger partial charge >= 0.3 is 17.9 Å². The van der Waals surface area contributed by atoms with E-state index in [2.05, 4.69) is 48.1 Å². The van der Waals surface area contributed by atoms with Gasteiger partial charge in [0.15, 0.2) is 11.6 Å². The molecule has 0 spiro atoms. The normalized spacial score (nSPS) is 28.0. The summed E-state index contributed by atoms with van der Waals surface area (Å²) >= 11 is 0. The highest BCUT2D eigenvalue weighted by molar-refractivity contribution is 5.98. The van der Waals surface area contributed by atoms with E-state index in [-0.39, 0.29) is 56.3 Å². The minimum atomic E-state index is -0.311. The van der Waals surface area contributed by atoms with Crippen LogP contribution in [-0.4, -0.2) is 87.4 Å². The van der Waals surface area contributed by atoms with Gasteiger partial charge in [0.25, 0.3) is 0 Å². The van der Waals surface area contributed by atoms with Gasteiger partial charge in [-0.15, -0.1) is 0 Å². The second-order valence-electron chi connectivity index (χ2n) is 28.8. The van der Waals surface area contributed by atoms with Crippen molar-refractivity contribution in [2.24, 2.45) is 51.8 Å². The largest absolute Gasteiger partial charge is 0.459 e. The summed E-state index contributed by atoms with van der Waals surface area (Å²) in [6.45, 7) is 23.6. The molecule has 9 rings (SSSR count). The summed E-state index contributed by atoms with van der Waals surface area (Å²) in [6, 6.07) is 21.2. The van der Waals surface area contributed by atoms with E-state index in [1.54, 1.807) is 48.5 Å². The fraction of sp³-hybridized carbons (Fsp3) is 0.671. The minimum Gasteiger partial charge on any atom is -0.459 e. The molecule has 0 unspecified atom stereocenters. The number of ether oxygens (including phenoxy) is 6. The van der Waals surface area contributed by atoms with Gasteiger partial charge in [0.2, 0.25) is 0 Å². The molecule has 87 heavy (non-hydrogen) atoms. The molecule has 492 valence electrons. The van der Waals surface area contributed by atoms with E-state index in [4.69, 9.17) is 28.4 Å². The smallest absolute Gasteiger partial charge is 0.339 e. The van der Waals surface area contributed by atoms with Crippen molar-refractivity contribution in [3.8, 4) is 0 Å². The molecule has 0 amide bonds. The summed E-state index contributed by atoms with van der Waals surface area (Å²) < 4.78 is 34.1. The molecular weight excluding hydrogens is 1090 g/mol. The average Bonchev–Trinajstić information content (AvgIpc) is 1.07. The van der Waals surface area contributed by atoms with Crippen molar-refractivity contribution in [2.45, 2.75) is 253 Å². The number of benzene rings is 3. The number of Topliss-reactive ketones (excluding diaryl/α,β-unsaturated/α-hetero) is 2. The van der Waals surface area contributed by atoms with E-state index >= 15 is 0 Å². The third kappa shape index (κ3) is 18.8. The molecule has 11 nitrogen and oxygen atoms in total. The van der Waals surface area contributed by atoms with E-state index < -0.39 is 0 Å². The first-order valence-electron chi connectivity index (χ1n) is 33.6. The van der Waals surface area contributed by atoms with E-state index in [9.17, 15) is 24.0 Å². The van der Waals surface area contributed by atoms with Gasteiger partial charge in [-0.3, -0.25) is 9.59 Å². The average molecular weight is 1210 g/mol. The maximum Gasteiger partial charge on any atom is 0.339 e. The Kier molecular flexibility index (Phi) is 25.7. The number of allylic oxidation sites excluding steroid dienone is 1. The number of hydrogen-bond acceptors (Lipinski definition) is 11. The number of carbonyl (C=O) groups is 5. The number of rotatable bonds is 18. The molecule has 0 N–H and O–H groups in total. The van der Waals surface area contributed by atoms with Crippen molar-refractivity contribution in [1.82, 2.24) is 0 Å². The summed E-state index contributed by atoms with van der Waals surface area (Å²) in [5.74, 6) is 3.55. The second-order valence-corrected chi connectivity index (χ2v) is 28.8. The Labute approximate surface area is 532 Å². The highest BCUT2D eigenvalue weighted by Gasteiger charge is 2.44. The van der Waals surface area contributed by atoms with Crippen molar-refractivity contribution in [1.29, 1.82) is 0 Å². The molecule has 3 aromatic carbocycles. The zero-order valence-electron chi connectivity index (χ0n) is 55.5. The quantitative estimate of drug-likeness (QED) is 0.0683. The van der Waals surface area contributed by atoms with Gasteiger partial charge in [0.05, 0.1) is 35.0 Å². The van der Waals surface area contributed by atoms with E-state index in [0.29, 0.717) is 80.1 Å².